The maximum Gasteiger partial charge on any atom is 0.258 e. The number of aryl methyl sites for hydroxylation is 2. The molecule has 6 nitrogen and oxygen atoms in total. The monoisotopic (exact) mass is 352 g/mol. The summed E-state index contributed by atoms with van der Waals surface area (Å²) in [4.78, 5) is 16.7. The highest BCUT2D eigenvalue weighted by Gasteiger charge is 2.11. The molecule has 136 valence electrons. The average Bonchev–Trinajstić information content (AvgIpc) is 2.97. The normalized spacial score (nSPS) is 12.2. The first-order chi connectivity index (χ1) is 12.5. The number of hydrogen-bond acceptors (Lipinski definition) is 4. The van der Waals surface area contributed by atoms with Gasteiger partial charge in [0.15, 0.2) is 12.4 Å². The molecule has 1 N–H and O–H groups in total. The van der Waals surface area contributed by atoms with Crippen molar-refractivity contribution in [2.75, 3.05) is 6.61 Å². The Morgan fingerprint density at radius 2 is 2.08 bits per heavy atom. The lowest BCUT2D eigenvalue weighted by Crippen LogP contribution is -2.35. The van der Waals surface area contributed by atoms with E-state index in [1.165, 1.54) is 0 Å². The second kappa shape index (κ2) is 7.56. The molecule has 0 aliphatic rings. The Labute approximate surface area is 153 Å². The maximum atomic E-state index is 12.0. The summed E-state index contributed by atoms with van der Waals surface area (Å²) in [5.41, 5.74) is 2.67. The number of ether oxygens (including phenoxy) is 1. The Morgan fingerprint density at radius 3 is 2.77 bits per heavy atom. The van der Waals surface area contributed by atoms with E-state index in [0.29, 0.717) is 11.3 Å². The molecule has 0 radical (unpaired) electrons. The first kappa shape index (κ1) is 17.9. The highest BCUT2D eigenvalue weighted by Crippen LogP contribution is 2.25. The van der Waals surface area contributed by atoms with Gasteiger partial charge in [0.1, 0.15) is 11.3 Å². The van der Waals surface area contributed by atoms with Crippen LogP contribution < -0.4 is 10.1 Å². The third-order valence-corrected chi connectivity index (χ3v) is 4.27. The summed E-state index contributed by atoms with van der Waals surface area (Å²) in [6, 6.07) is 11.8. The number of carbonyl (C=O) groups is 1. The van der Waals surface area contributed by atoms with Gasteiger partial charge in [-0.1, -0.05) is 19.1 Å². The molecule has 1 aromatic carbocycles. The van der Waals surface area contributed by atoms with E-state index in [-0.39, 0.29) is 18.6 Å². The summed E-state index contributed by atoms with van der Waals surface area (Å²) in [7, 11) is 0. The summed E-state index contributed by atoms with van der Waals surface area (Å²) in [5, 5.41) is 8.33. The van der Waals surface area contributed by atoms with Gasteiger partial charge in [-0.25, -0.2) is 9.67 Å². The summed E-state index contributed by atoms with van der Waals surface area (Å²) in [6.07, 6.45) is 0.883. The number of fused-ring (bicyclic) bond motifs is 1. The molecular weight excluding hydrogens is 328 g/mol. The van der Waals surface area contributed by atoms with E-state index in [0.717, 1.165) is 29.0 Å². The number of para-hydroxylation sites is 1. The Hall–Kier alpha value is -2.89. The van der Waals surface area contributed by atoms with Gasteiger partial charge in [-0.15, -0.1) is 0 Å². The van der Waals surface area contributed by atoms with Crippen LogP contribution in [0.15, 0.2) is 36.4 Å². The molecule has 6 heteroatoms. The van der Waals surface area contributed by atoms with Crippen LogP contribution in [0.5, 0.6) is 5.75 Å². The van der Waals surface area contributed by atoms with Gasteiger partial charge >= 0.3 is 0 Å². The SMILES string of the molecule is CCC(C)NC(=O)COc1cccc2ccc(-n3nc(C)cc3C)nc12. The second-order valence-electron chi connectivity index (χ2n) is 6.50. The van der Waals surface area contributed by atoms with Gasteiger partial charge < -0.3 is 10.1 Å². The molecule has 0 aliphatic heterocycles. The van der Waals surface area contributed by atoms with E-state index >= 15 is 0 Å². The molecule has 2 heterocycles. The first-order valence-electron chi connectivity index (χ1n) is 8.83. The fourth-order valence-electron chi connectivity index (χ4n) is 2.77. The topological polar surface area (TPSA) is 69.0 Å². The van der Waals surface area contributed by atoms with E-state index < -0.39 is 0 Å². The van der Waals surface area contributed by atoms with Gasteiger partial charge in [-0.05, 0) is 51.5 Å². The molecule has 0 fully saturated rings. The van der Waals surface area contributed by atoms with Crippen molar-refractivity contribution in [3.8, 4) is 11.6 Å². The number of amides is 1. The molecule has 1 amide bonds. The van der Waals surface area contributed by atoms with Crippen LogP contribution in [0.1, 0.15) is 31.7 Å². The van der Waals surface area contributed by atoms with Gasteiger partial charge in [0.05, 0.1) is 5.69 Å². The number of aromatic nitrogens is 3. The van der Waals surface area contributed by atoms with Gasteiger partial charge in [-0.2, -0.15) is 5.10 Å². The summed E-state index contributed by atoms with van der Waals surface area (Å²) in [5.74, 6) is 1.18. The Kier molecular flexibility index (Phi) is 5.21. The Balaban J connectivity index is 1.87. The minimum atomic E-state index is -0.133. The van der Waals surface area contributed by atoms with Crippen LogP contribution in [-0.4, -0.2) is 33.3 Å². The summed E-state index contributed by atoms with van der Waals surface area (Å²) < 4.78 is 7.56. The van der Waals surface area contributed by atoms with Crippen LogP contribution >= 0.6 is 0 Å². The van der Waals surface area contributed by atoms with Crippen molar-refractivity contribution < 1.29 is 9.53 Å². The molecule has 0 bridgehead atoms. The number of rotatable bonds is 6. The van der Waals surface area contributed by atoms with Crippen molar-refractivity contribution >= 4 is 16.8 Å². The number of carbonyl (C=O) groups excluding carboxylic acids is 1. The van der Waals surface area contributed by atoms with E-state index in [9.17, 15) is 4.79 Å². The lowest BCUT2D eigenvalue weighted by Gasteiger charge is -2.13. The molecule has 1 atom stereocenters. The molecule has 0 aliphatic carbocycles. The zero-order chi connectivity index (χ0) is 18.7. The number of hydrogen-bond donors (Lipinski definition) is 1. The Bertz CT molecular complexity index is 933. The molecule has 2 aromatic heterocycles. The minimum Gasteiger partial charge on any atom is -0.481 e. The largest absolute Gasteiger partial charge is 0.481 e. The molecular formula is C20H24N4O2. The van der Waals surface area contributed by atoms with Gasteiger partial charge in [0, 0.05) is 17.1 Å². The third-order valence-electron chi connectivity index (χ3n) is 4.27. The zero-order valence-electron chi connectivity index (χ0n) is 15.6. The number of nitrogens with zero attached hydrogens (tertiary/aromatic N) is 3. The van der Waals surface area contributed by atoms with Crippen LogP contribution in [0.4, 0.5) is 0 Å². The predicted octanol–water partition coefficient (Wildman–Crippen LogP) is 3.33. The van der Waals surface area contributed by atoms with E-state index in [4.69, 9.17) is 9.72 Å². The lowest BCUT2D eigenvalue weighted by atomic mass is 10.2. The van der Waals surface area contributed by atoms with Gasteiger partial charge in [0.2, 0.25) is 0 Å². The Morgan fingerprint density at radius 1 is 1.27 bits per heavy atom. The maximum absolute atomic E-state index is 12.0. The lowest BCUT2D eigenvalue weighted by molar-refractivity contribution is -0.123. The van der Waals surface area contributed by atoms with Gasteiger partial charge in [-0.3, -0.25) is 4.79 Å². The van der Waals surface area contributed by atoms with Crippen molar-refractivity contribution in [3.05, 3.63) is 47.8 Å². The average molecular weight is 352 g/mol. The first-order valence-corrected chi connectivity index (χ1v) is 8.83. The van der Waals surface area contributed by atoms with Crippen LogP contribution in [0.25, 0.3) is 16.7 Å². The molecule has 26 heavy (non-hydrogen) atoms. The van der Waals surface area contributed by atoms with Crippen LogP contribution in [-0.2, 0) is 4.79 Å². The number of benzene rings is 1. The zero-order valence-corrected chi connectivity index (χ0v) is 15.6. The standard InChI is InChI=1S/C20H24N4O2/c1-5-13(2)21-19(25)12-26-17-8-6-7-16-9-10-18(22-20(16)17)24-15(4)11-14(3)23-24/h6-11,13H,5,12H2,1-4H3,(H,21,25). The van der Waals surface area contributed by atoms with Crippen molar-refractivity contribution in [2.45, 2.75) is 40.2 Å². The van der Waals surface area contributed by atoms with E-state index in [2.05, 4.69) is 10.4 Å². The molecule has 3 rings (SSSR count). The minimum absolute atomic E-state index is 0.0325. The second-order valence-corrected chi connectivity index (χ2v) is 6.50. The van der Waals surface area contributed by atoms with Crippen molar-refractivity contribution in [2.24, 2.45) is 0 Å². The summed E-state index contributed by atoms with van der Waals surface area (Å²) >= 11 is 0. The predicted molar refractivity (Wildman–Crippen MR) is 102 cm³/mol. The summed E-state index contributed by atoms with van der Waals surface area (Å²) in [6.45, 7) is 7.91. The van der Waals surface area contributed by atoms with Crippen molar-refractivity contribution in [3.63, 3.8) is 0 Å². The van der Waals surface area contributed by atoms with Crippen LogP contribution in [0.2, 0.25) is 0 Å². The highest BCUT2D eigenvalue weighted by molar-refractivity contribution is 5.86. The van der Waals surface area contributed by atoms with Crippen LogP contribution in [0.3, 0.4) is 0 Å². The van der Waals surface area contributed by atoms with Crippen molar-refractivity contribution in [1.29, 1.82) is 0 Å². The highest BCUT2D eigenvalue weighted by atomic mass is 16.5. The molecule has 0 saturated carbocycles. The van der Waals surface area contributed by atoms with E-state index in [1.54, 1.807) is 4.68 Å². The molecule has 1 unspecified atom stereocenters. The van der Waals surface area contributed by atoms with Gasteiger partial charge in [0.25, 0.3) is 5.91 Å². The molecule has 3 aromatic rings. The number of pyridine rings is 1. The molecule has 0 spiro atoms. The molecule has 0 saturated heterocycles. The van der Waals surface area contributed by atoms with Crippen molar-refractivity contribution in [1.82, 2.24) is 20.1 Å². The fraction of sp³-hybridized carbons (Fsp3) is 0.350. The number of nitrogens with one attached hydrogen (secondary N) is 1. The fourth-order valence-corrected chi connectivity index (χ4v) is 2.77. The third kappa shape index (κ3) is 3.85. The van der Waals surface area contributed by atoms with Crippen LogP contribution in [0, 0.1) is 13.8 Å². The quantitative estimate of drug-likeness (QED) is 0.739. The smallest absolute Gasteiger partial charge is 0.258 e. The van der Waals surface area contributed by atoms with E-state index in [1.807, 2.05) is 64.1 Å².